The number of carbonyl (C=O) groups excluding carboxylic acids is 1. The van der Waals surface area contributed by atoms with E-state index in [9.17, 15) is 4.79 Å². The summed E-state index contributed by atoms with van der Waals surface area (Å²) in [6.07, 6.45) is 15.5. The van der Waals surface area contributed by atoms with Gasteiger partial charge in [0.15, 0.2) is 0 Å². The van der Waals surface area contributed by atoms with Crippen LogP contribution in [-0.2, 0) is 9.53 Å². The molecule has 0 saturated carbocycles. The number of carbonyl (C=O) groups is 1. The molecule has 0 spiro atoms. The van der Waals surface area contributed by atoms with Gasteiger partial charge in [0.05, 0.1) is 0 Å². The van der Waals surface area contributed by atoms with Crippen LogP contribution in [0.3, 0.4) is 0 Å². The normalized spacial score (nSPS) is 19.0. The topological polar surface area (TPSA) is 26.3 Å². The number of rotatable bonds is 4. The van der Waals surface area contributed by atoms with Crippen LogP contribution in [0.15, 0.2) is 96.7 Å². The van der Waals surface area contributed by atoms with E-state index in [0.717, 1.165) is 22.3 Å². The predicted octanol–water partition coefficient (Wildman–Crippen LogP) is 4.41. The molecule has 1 aromatic rings. The zero-order valence-corrected chi connectivity index (χ0v) is 12.8. The third kappa shape index (κ3) is 3.32. The van der Waals surface area contributed by atoms with Crippen molar-refractivity contribution in [2.75, 3.05) is 6.61 Å². The smallest absolute Gasteiger partial charge is 0.318 e. The number of fused-ring (bicyclic) bond motifs is 2. The van der Waals surface area contributed by atoms with Gasteiger partial charge < -0.3 is 4.74 Å². The Hall–Kier alpha value is -2.87. The number of ether oxygens (including phenoxy) is 1. The molecule has 23 heavy (non-hydrogen) atoms. The van der Waals surface area contributed by atoms with Gasteiger partial charge in [0.25, 0.3) is 0 Å². The van der Waals surface area contributed by atoms with E-state index in [0.29, 0.717) is 0 Å². The summed E-state index contributed by atoms with van der Waals surface area (Å²) in [6.45, 7) is 3.82. The lowest BCUT2D eigenvalue weighted by Gasteiger charge is -2.16. The summed E-state index contributed by atoms with van der Waals surface area (Å²) in [6, 6.07) is 10.1. The van der Waals surface area contributed by atoms with Crippen molar-refractivity contribution in [1.29, 1.82) is 0 Å². The van der Waals surface area contributed by atoms with E-state index in [-0.39, 0.29) is 12.6 Å². The number of esters is 1. The Morgan fingerprint density at radius 1 is 1.09 bits per heavy atom. The molecule has 0 amide bonds. The van der Waals surface area contributed by atoms with Crippen LogP contribution in [0.2, 0.25) is 0 Å². The second-order valence-electron chi connectivity index (χ2n) is 5.37. The standard InChI is InChI=1S/C21H18O2/c1-2-14-23-21(22)20-17-10-6-7-11-19(20)15-18(13-12-17)16-8-4-3-5-9-16/h2-13,15,20H,1,14H2. The fourth-order valence-corrected chi connectivity index (χ4v) is 2.72. The van der Waals surface area contributed by atoms with Gasteiger partial charge in [0.2, 0.25) is 0 Å². The van der Waals surface area contributed by atoms with Crippen LogP contribution >= 0.6 is 0 Å². The summed E-state index contributed by atoms with van der Waals surface area (Å²) in [5, 5.41) is 0. The lowest BCUT2D eigenvalue weighted by atomic mass is 9.91. The summed E-state index contributed by atoms with van der Waals surface area (Å²) in [4.78, 5) is 12.5. The van der Waals surface area contributed by atoms with Gasteiger partial charge >= 0.3 is 5.97 Å². The minimum absolute atomic E-state index is 0.224. The molecule has 0 saturated heterocycles. The monoisotopic (exact) mass is 302 g/mol. The van der Waals surface area contributed by atoms with Crippen molar-refractivity contribution in [2.24, 2.45) is 5.92 Å². The van der Waals surface area contributed by atoms with E-state index in [1.54, 1.807) is 6.08 Å². The van der Waals surface area contributed by atoms with E-state index in [2.05, 4.69) is 30.9 Å². The minimum atomic E-state index is -0.401. The third-order valence-corrected chi connectivity index (χ3v) is 3.82. The van der Waals surface area contributed by atoms with Crippen LogP contribution in [0.4, 0.5) is 0 Å². The van der Waals surface area contributed by atoms with Crippen molar-refractivity contribution in [3.8, 4) is 0 Å². The molecule has 1 atom stereocenters. The van der Waals surface area contributed by atoms with Crippen LogP contribution in [0.5, 0.6) is 0 Å². The summed E-state index contributed by atoms with van der Waals surface area (Å²) < 4.78 is 5.29. The number of hydrogen-bond donors (Lipinski definition) is 0. The van der Waals surface area contributed by atoms with Crippen LogP contribution in [0.25, 0.3) is 5.57 Å². The van der Waals surface area contributed by atoms with E-state index in [4.69, 9.17) is 4.74 Å². The molecule has 0 aliphatic heterocycles. The van der Waals surface area contributed by atoms with Gasteiger partial charge in [-0.2, -0.15) is 0 Å². The Bertz CT molecular complexity index is 758. The highest BCUT2D eigenvalue weighted by molar-refractivity contribution is 5.87. The molecule has 0 N–H and O–H groups in total. The first-order valence-corrected chi connectivity index (χ1v) is 7.61. The van der Waals surface area contributed by atoms with E-state index < -0.39 is 5.92 Å². The maximum atomic E-state index is 12.5. The number of benzene rings is 1. The van der Waals surface area contributed by atoms with Gasteiger partial charge in [-0.25, -0.2) is 0 Å². The lowest BCUT2D eigenvalue weighted by Crippen LogP contribution is -2.20. The van der Waals surface area contributed by atoms with Crippen molar-refractivity contribution >= 4 is 11.5 Å². The molecule has 2 nitrogen and oxygen atoms in total. The molecular formula is C21H18O2. The fraction of sp³-hybridized carbons (Fsp3) is 0.0952. The first-order valence-electron chi connectivity index (χ1n) is 7.61. The van der Waals surface area contributed by atoms with Gasteiger partial charge in [-0.1, -0.05) is 79.4 Å². The highest BCUT2D eigenvalue weighted by Gasteiger charge is 2.28. The van der Waals surface area contributed by atoms with Crippen LogP contribution in [0, 0.1) is 5.92 Å². The molecule has 2 heteroatoms. The Kier molecular flexibility index (Phi) is 4.53. The first kappa shape index (κ1) is 15.0. The molecule has 0 heterocycles. The average Bonchev–Trinajstić information content (AvgIpc) is 2.90. The van der Waals surface area contributed by atoms with Crippen molar-refractivity contribution in [2.45, 2.75) is 0 Å². The Balaban J connectivity index is 2.02. The molecule has 2 bridgehead atoms. The van der Waals surface area contributed by atoms with Gasteiger partial charge in [-0.3, -0.25) is 4.79 Å². The highest BCUT2D eigenvalue weighted by atomic mass is 16.5. The Morgan fingerprint density at radius 3 is 2.57 bits per heavy atom. The largest absolute Gasteiger partial charge is 0.461 e. The number of allylic oxidation sites excluding steroid dienone is 8. The fourth-order valence-electron chi connectivity index (χ4n) is 2.72. The van der Waals surface area contributed by atoms with Crippen molar-refractivity contribution in [1.82, 2.24) is 0 Å². The Labute approximate surface area is 136 Å². The van der Waals surface area contributed by atoms with Gasteiger partial charge in [0, 0.05) is 0 Å². The lowest BCUT2D eigenvalue weighted by molar-refractivity contribution is -0.144. The van der Waals surface area contributed by atoms with Crippen molar-refractivity contribution < 1.29 is 9.53 Å². The molecule has 1 aromatic carbocycles. The summed E-state index contributed by atoms with van der Waals surface area (Å²) >= 11 is 0. The molecule has 0 fully saturated rings. The summed E-state index contributed by atoms with van der Waals surface area (Å²) in [5.74, 6) is -0.649. The third-order valence-electron chi connectivity index (χ3n) is 3.82. The maximum absolute atomic E-state index is 12.5. The second kappa shape index (κ2) is 6.93. The van der Waals surface area contributed by atoms with Crippen molar-refractivity contribution in [3.05, 3.63) is 102 Å². The maximum Gasteiger partial charge on any atom is 0.318 e. The highest BCUT2D eigenvalue weighted by Crippen LogP contribution is 2.33. The zero-order valence-electron chi connectivity index (χ0n) is 12.8. The van der Waals surface area contributed by atoms with Crippen LogP contribution in [0.1, 0.15) is 5.56 Å². The molecule has 1 unspecified atom stereocenters. The molecule has 3 rings (SSSR count). The zero-order chi connectivity index (χ0) is 16.1. The molecule has 0 aromatic heterocycles. The van der Waals surface area contributed by atoms with Gasteiger partial charge in [-0.05, 0) is 28.4 Å². The van der Waals surface area contributed by atoms with Gasteiger partial charge in [0.1, 0.15) is 12.5 Å². The predicted molar refractivity (Wildman–Crippen MR) is 93.5 cm³/mol. The second-order valence-corrected chi connectivity index (χ2v) is 5.37. The first-order chi connectivity index (χ1) is 11.3. The van der Waals surface area contributed by atoms with E-state index in [1.165, 1.54) is 0 Å². The van der Waals surface area contributed by atoms with Gasteiger partial charge in [-0.15, -0.1) is 0 Å². The van der Waals surface area contributed by atoms with E-state index in [1.807, 2.05) is 48.6 Å². The summed E-state index contributed by atoms with van der Waals surface area (Å²) in [7, 11) is 0. The van der Waals surface area contributed by atoms with E-state index >= 15 is 0 Å². The van der Waals surface area contributed by atoms with Crippen molar-refractivity contribution in [3.63, 3.8) is 0 Å². The quantitative estimate of drug-likeness (QED) is 0.608. The SMILES string of the molecule is C=CCOC(=O)C1C2=CC=CC=C1C=C(c1ccccc1)C=C2. The number of hydrogen-bond acceptors (Lipinski definition) is 2. The molecule has 2 aliphatic rings. The summed E-state index contributed by atoms with van der Waals surface area (Å²) in [5.41, 5.74) is 4.07. The molecule has 0 radical (unpaired) electrons. The Morgan fingerprint density at radius 2 is 1.83 bits per heavy atom. The average molecular weight is 302 g/mol. The van der Waals surface area contributed by atoms with Crippen LogP contribution in [-0.4, -0.2) is 12.6 Å². The minimum Gasteiger partial charge on any atom is -0.461 e. The molecule has 2 aliphatic carbocycles. The molecular weight excluding hydrogens is 284 g/mol. The molecule has 114 valence electrons. The van der Waals surface area contributed by atoms with Crippen LogP contribution < -0.4 is 0 Å².